The molecule has 0 aromatic carbocycles. The van der Waals surface area contributed by atoms with E-state index in [1.807, 2.05) is 13.8 Å². The molecule has 4 aliphatic rings. The molecule has 4 saturated heterocycles. The molecule has 4 fully saturated rings. The number of rotatable bonds is 0. The summed E-state index contributed by atoms with van der Waals surface area (Å²) < 4.78 is 31.5. The van der Waals surface area contributed by atoms with Crippen molar-refractivity contribution in [3.05, 3.63) is 0 Å². The first-order valence-electron chi connectivity index (χ1n) is 8.07. The summed E-state index contributed by atoms with van der Waals surface area (Å²) in [5, 5.41) is 27.9. The third-order valence-corrected chi connectivity index (χ3v) is 4.22. The van der Waals surface area contributed by atoms with Crippen LogP contribution in [-0.2, 0) is 28.4 Å². The first-order chi connectivity index (χ1) is 11.1. The number of hydrogen-bond acceptors (Lipinski definition) is 9. The lowest BCUT2D eigenvalue weighted by molar-refractivity contribution is -0.230. The Labute approximate surface area is 177 Å². The number of fused-ring (bicyclic) bond motifs is 2. The molecule has 4 heterocycles. The van der Waals surface area contributed by atoms with Gasteiger partial charge in [0.25, 0.3) is 0 Å². The molecule has 29 heavy (non-hydrogen) atoms. The van der Waals surface area contributed by atoms with Crippen molar-refractivity contribution in [1.29, 1.82) is 0 Å². The Balaban J connectivity index is -0.000000401. The fraction of sp³-hybridized carbons (Fsp3) is 1.00. The molecule has 4 aliphatic heterocycles. The van der Waals surface area contributed by atoms with E-state index in [0.29, 0.717) is 6.61 Å². The summed E-state index contributed by atoms with van der Waals surface area (Å²) in [7, 11) is 0. The molecule has 9 nitrogen and oxygen atoms in total. The normalized spacial score (nSPS) is 40.0. The van der Waals surface area contributed by atoms with Gasteiger partial charge in [-0.25, -0.2) is 0 Å². The Morgan fingerprint density at radius 1 is 0.586 bits per heavy atom. The van der Waals surface area contributed by atoms with Crippen LogP contribution in [0.25, 0.3) is 0 Å². The highest BCUT2D eigenvalue weighted by atomic mass is 16.8. The van der Waals surface area contributed by atoms with Gasteiger partial charge in [-0.3, -0.25) is 0 Å². The minimum atomic E-state index is -1.17. The molecular weight excluding hydrogens is 384 g/mol. The first-order valence-corrected chi connectivity index (χ1v) is 8.07. The van der Waals surface area contributed by atoms with Gasteiger partial charge in [-0.15, -0.1) is 0 Å². The van der Waals surface area contributed by atoms with E-state index < -0.39 is 36.4 Å². The number of aliphatic hydroxyl groups is 3. The molecule has 0 aromatic heterocycles. The molecule has 0 bridgehead atoms. The van der Waals surface area contributed by atoms with Crippen LogP contribution in [0.2, 0.25) is 0 Å². The molecule has 0 aliphatic carbocycles. The molecule has 0 radical (unpaired) electrons. The monoisotopic (exact) mass is 430 g/mol. The van der Waals surface area contributed by atoms with Crippen molar-refractivity contribution >= 4 is 0 Å². The van der Waals surface area contributed by atoms with E-state index in [2.05, 4.69) is 0 Å². The predicted molar refractivity (Wildman–Crippen MR) is 111 cm³/mol. The molecular formula is C20H46O9. The maximum Gasteiger partial charge on any atom is 0.184 e. The highest BCUT2D eigenvalue weighted by Crippen LogP contribution is 2.34. The Kier molecular flexibility index (Phi) is 13.6. The van der Waals surface area contributed by atoms with Crippen molar-refractivity contribution in [3.8, 4) is 0 Å². The molecule has 3 N–H and O–H groups in total. The van der Waals surface area contributed by atoms with Crippen molar-refractivity contribution in [2.75, 3.05) is 13.2 Å². The van der Waals surface area contributed by atoms with Crippen LogP contribution >= 0.6 is 0 Å². The van der Waals surface area contributed by atoms with Gasteiger partial charge in [0.15, 0.2) is 24.2 Å². The quantitative estimate of drug-likeness (QED) is 0.532. The summed E-state index contributed by atoms with van der Waals surface area (Å²) in [6.45, 7) is 7.88. The average molecular weight is 431 g/mol. The second-order valence-corrected chi connectivity index (χ2v) is 7.22. The lowest BCUT2D eigenvalue weighted by Gasteiger charge is -2.31. The fourth-order valence-corrected chi connectivity index (χ4v) is 3.26. The van der Waals surface area contributed by atoms with E-state index in [1.165, 1.54) is 0 Å². The van der Waals surface area contributed by atoms with Gasteiger partial charge < -0.3 is 43.7 Å². The lowest BCUT2D eigenvalue weighted by atomic mass is 10.1. The summed E-state index contributed by atoms with van der Waals surface area (Å²) in [6, 6.07) is 0. The maximum absolute atomic E-state index is 9.50. The van der Waals surface area contributed by atoms with Crippen molar-refractivity contribution in [3.63, 3.8) is 0 Å². The topological polar surface area (TPSA) is 116 Å². The van der Waals surface area contributed by atoms with E-state index >= 15 is 0 Å². The van der Waals surface area contributed by atoms with E-state index in [4.69, 9.17) is 28.4 Å². The van der Waals surface area contributed by atoms with E-state index in [0.717, 1.165) is 0 Å². The number of ether oxygens (including phenoxy) is 6. The molecule has 180 valence electrons. The minimum Gasteiger partial charge on any atom is -0.385 e. The Morgan fingerprint density at radius 3 is 1.41 bits per heavy atom. The fourth-order valence-electron chi connectivity index (χ4n) is 3.26. The zero-order chi connectivity index (χ0) is 17.7. The van der Waals surface area contributed by atoms with Gasteiger partial charge in [0.2, 0.25) is 0 Å². The molecule has 4 unspecified atom stereocenters. The van der Waals surface area contributed by atoms with E-state index in [1.54, 1.807) is 13.8 Å². The van der Waals surface area contributed by atoms with Crippen molar-refractivity contribution in [2.24, 2.45) is 0 Å². The standard InChI is InChI=1S/C8H14O5.C7H12O4.5CH4/c1-8(2)12-4-3-11-7(10)5(9)6(4)13-8;1-7(2)10-4-3-9-6(8)5(4)11-7;;;;;/h4-7,9-10H,3H2,1-2H3;4-6,8H,3H2,1-2H3;5*1H4/t4?,5-,6+,7?;4?,5-,6?;;;;;/m10...../s1. The SMILES string of the molecule is C.C.C.C.C.CC1(C)OC2COC(O)[C@H](O)[C@H]2O1.CC1(C)OC2COC(O)[C@H]2O1. The van der Waals surface area contributed by atoms with Gasteiger partial charge in [-0.1, -0.05) is 37.1 Å². The summed E-state index contributed by atoms with van der Waals surface area (Å²) in [4.78, 5) is 0. The molecule has 0 aromatic rings. The Bertz CT molecular complexity index is 457. The smallest absolute Gasteiger partial charge is 0.184 e. The summed E-state index contributed by atoms with van der Waals surface area (Å²) in [5.41, 5.74) is 0. The summed E-state index contributed by atoms with van der Waals surface area (Å²) in [6.07, 6.45) is -4.18. The zero-order valence-corrected chi connectivity index (χ0v) is 14.2. The summed E-state index contributed by atoms with van der Waals surface area (Å²) >= 11 is 0. The van der Waals surface area contributed by atoms with Crippen LogP contribution in [0.4, 0.5) is 0 Å². The van der Waals surface area contributed by atoms with Crippen LogP contribution in [-0.4, -0.2) is 83.2 Å². The molecule has 4 rings (SSSR count). The van der Waals surface area contributed by atoms with Crippen molar-refractivity contribution in [1.82, 2.24) is 0 Å². The van der Waals surface area contributed by atoms with Crippen molar-refractivity contribution in [2.45, 2.75) is 120 Å². The molecule has 0 saturated carbocycles. The predicted octanol–water partition coefficient (Wildman–Crippen LogP) is 2.25. The van der Waals surface area contributed by atoms with Crippen molar-refractivity contribution < 1.29 is 43.7 Å². The van der Waals surface area contributed by atoms with E-state index in [9.17, 15) is 15.3 Å². The molecule has 7 atom stereocenters. The largest absolute Gasteiger partial charge is 0.385 e. The van der Waals surface area contributed by atoms with E-state index in [-0.39, 0.29) is 62.1 Å². The third kappa shape index (κ3) is 7.37. The Hall–Kier alpha value is -0.360. The molecule has 9 heteroatoms. The number of aliphatic hydroxyl groups excluding tert-OH is 3. The van der Waals surface area contributed by atoms with Crippen LogP contribution in [0, 0.1) is 0 Å². The Morgan fingerprint density at radius 2 is 0.966 bits per heavy atom. The third-order valence-electron chi connectivity index (χ3n) is 4.22. The van der Waals surface area contributed by atoms with Gasteiger partial charge in [0.1, 0.15) is 30.5 Å². The highest BCUT2D eigenvalue weighted by Gasteiger charge is 2.50. The molecule has 0 amide bonds. The lowest BCUT2D eigenvalue weighted by Crippen LogP contribution is -2.51. The van der Waals surface area contributed by atoms with Crippen LogP contribution < -0.4 is 0 Å². The van der Waals surface area contributed by atoms with Gasteiger partial charge >= 0.3 is 0 Å². The first kappa shape index (κ1) is 33.3. The second kappa shape index (κ2) is 11.9. The van der Waals surface area contributed by atoms with Gasteiger partial charge in [0.05, 0.1) is 13.2 Å². The number of hydrogen-bond donors (Lipinski definition) is 3. The zero-order valence-electron chi connectivity index (χ0n) is 14.2. The maximum atomic E-state index is 9.50. The van der Waals surface area contributed by atoms with Gasteiger partial charge in [-0.05, 0) is 27.7 Å². The van der Waals surface area contributed by atoms with Crippen LogP contribution in [0.15, 0.2) is 0 Å². The van der Waals surface area contributed by atoms with Crippen LogP contribution in [0.5, 0.6) is 0 Å². The summed E-state index contributed by atoms with van der Waals surface area (Å²) in [5.74, 6) is -1.27. The van der Waals surface area contributed by atoms with Gasteiger partial charge in [-0.2, -0.15) is 0 Å². The molecule has 0 spiro atoms. The van der Waals surface area contributed by atoms with Crippen LogP contribution in [0.1, 0.15) is 64.8 Å². The van der Waals surface area contributed by atoms with Crippen LogP contribution in [0.3, 0.4) is 0 Å². The minimum absolute atomic E-state index is 0. The second-order valence-electron chi connectivity index (χ2n) is 7.22. The van der Waals surface area contributed by atoms with Gasteiger partial charge in [0, 0.05) is 0 Å². The highest BCUT2D eigenvalue weighted by molar-refractivity contribution is 4.90. The average Bonchev–Trinajstić information content (AvgIpc) is 3.07.